The Hall–Kier alpha value is -3.68. The molecule has 0 bridgehead atoms. The molecule has 0 unspecified atom stereocenters. The van der Waals surface area contributed by atoms with Crippen molar-refractivity contribution in [3.05, 3.63) is 58.7 Å². The molecule has 3 amide bonds. The van der Waals surface area contributed by atoms with Crippen LogP contribution in [0.3, 0.4) is 0 Å². The summed E-state index contributed by atoms with van der Waals surface area (Å²) in [5, 5.41) is 0. The topological polar surface area (TPSA) is 93.2 Å². The van der Waals surface area contributed by atoms with Crippen LogP contribution in [-0.2, 0) is 16.0 Å². The first-order valence-corrected chi connectivity index (χ1v) is 11.1. The maximum Gasteiger partial charge on any atom is 0.338 e. The average molecular weight is 450 g/mol. The van der Waals surface area contributed by atoms with Crippen LogP contribution in [0.4, 0.5) is 5.69 Å². The van der Waals surface area contributed by atoms with Crippen LogP contribution in [0, 0.1) is 0 Å². The number of fused-ring (bicyclic) bond motifs is 2. The fourth-order valence-electron chi connectivity index (χ4n) is 4.19. The average Bonchev–Trinajstić information content (AvgIpc) is 3.08. The smallest absolute Gasteiger partial charge is 0.338 e. The van der Waals surface area contributed by atoms with E-state index in [2.05, 4.69) is 0 Å². The lowest BCUT2D eigenvalue weighted by molar-refractivity contribution is -0.121. The van der Waals surface area contributed by atoms with Crippen molar-refractivity contribution in [3.63, 3.8) is 0 Å². The van der Waals surface area contributed by atoms with Crippen LogP contribution >= 0.6 is 0 Å². The zero-order valence-corrected chi connectivity index (χ0v) is 18.8. The minimum Gasteiger partial charge on any atom is -0.497 e. The summed E-state index contributed by atoms with van der Waals surface area (Å²) < 4.78 is 10.5. The monoisotopic (exact) mass is 450 g/mol. The molecule has 0 saturated carbocycles. The molecule has 0 fully saturated rings. The van der Waals surface area contributed by atoms with Crippen LogP contribution in [0.25, 0.3) is 0 Å². The van der Waals surface area contributed by atoms with E-state index in [9.17, 15) is 19.2 Å². The Labute approximate surface area is 192 Å². The molecule has 2 aliphatic heterocycles. The number of carbonyl (C=O) groups excluding carboxylic acids is 4. The van der Waals surface area contributed by atoms with Crippen LogP contribution in [-0.4, -0.2) is 55.4 Å². The van der Waals surface area contributed by atoms with Gasteiger partial charge in [0.25, 0.3) is 17.7 Å². The predicted octanol–water partition coefficient (Wildman–Crippen LogP) is 3.23. The quantitative estimate of drug-likeness (QED) is 0.475. The molecule has 4 rings (SSSR count). The maximum absolute atomic E-state index is 12.8. The van der Waals surface area contributed by atoms with E-state index in [4.69, 9.17) is 9.47 Å². The van der Waals surface area contributed by atoms with Crippen molar-refractivity contribution in [2.45, 2.75) is 32.6 Å². The highest BCUT2D eigenvalue weighted by Crippen LogP contribution is 2.30. The van der Waals surface area contributed by atoms with Crippen LogP contribution in [0.1, 0.15) is 62.8 Å². The van der Waals surface area contributed by atoms with E-state index in [1.165, 1.54) is 23.1 Å². The standard InChI is InChI=1S/C25H26N2O6/c1-3-4-11-27-23(29)19-9-7-17(14-20(19)24(27)30)25(31)33-15-22(28)26-12-5-6-16-13-18(32-2)8-10-21(16)26/h7-10,13-14H,3-6,11-12,15H2,1-2H3. The van der Waals surface area contributed by atoms with Crippen molar-refractivity contribution >= 4 is 29.4 Å². The molecule has 0 spiro atoms. The second kappa shape index (κ2) is 9.44. The van der Waals surface area contributed by atoms with Crippen molar-refractivity contribution in [2.24, 2.45) is 0 Å². The summed E-state index contributed by atoms with van der Waals surface area (Å²) in [6.45, 7) is 2.45. The number of hydrogen-bond acceptors (Lipinski definition) is 6. The zero-order chi connectivity index (χ0) is 23.5. The number of anilines is 1. The molecular weight excluding hydrogens is 424 g/mol. The van der Waals surface area contributed by atoms with Gasteiger partial charge in [0.2, 0.25) is 0 Å². The summed E-state index contributed by atoms with van der Waals surface area (Å²) in [6, 6.07) is 9.82. The minimum absolute atomic E-state index is 0.129. The SMILES string of the molecule is CCCCN1C(=O)c2ccc(C(=O)OCC(=O)N3CCCc4cc(OC)ccc43)cc2C1=O. The molecule has 0 saturated heterocycles. The summed E-state index contributed by atoms with van der Waals surface area (Å²) in [4.78, 5) is 53.3. The van der Waals surface area contributed by atoms with Crippen LogP contribution in [0.2, 0.25) is 0 Å². The molecule has 0 atom stereocenters. The van der Waals surface area contributed by atoms with Gasteiger partial charge in [-0.25, -0.2) is 4.79 Å². The number of hydrogen-bond donors (Lipinski definition) is 0. The van der Waals surface area contributed by atoms with Crippen LogP contribution in [0.15, 0.2) is 36.4 Å². The molecule has 2 heterocycles. The van der Waals surface area contributed by atoms with Crippen molar-refractivity contribution in [2.75, 3.05) is 31.7 Å². The molecule has 2 aromatic rings. The van der Waals surface area contributed by atoms with Gasteiger partial charge >= 0.3 is 5.97 Å². The van der Waals surface area contributed by atoms with E-state index in [0.717, 1.165) is 42.7 Å². The molecule has 0 aliphatic carbocycles. The molecule has 0 aromatic heterocycles. The molecule has 2 aromatic carbocycles. The Bertz CT molecular complexity index is 1130. The van der Waals surface area contributed by atoms with Crippen LogP contribution < -0.4 is 9.64 Å². The fraction of sp³-hybridized carbons (Fsp3) is 0.360. The first-order valence-electron chi connectivity index (χ1n) is 11.1. The third kappa shape index (κ3) is 4.33. The summed E-state index contributed by atoms with van der Waals surface area (Å²) in [5.41, 5.74) is 2.40. The third-order valence-corrected chi connectivity index (χ3v) is 5.97. The van der Waals surface area contributed by atoms with Gasteiger partial charge in [-0.05, 0) is 61.2 Å². The molecule has 0 N–H and O–H groups in total. The van der Waals surface area contributed by atoms with E-state index in [1.807, 2.05) is 19.1 Å². The summed E-state index contributed by atoms with van der Waals surface area (Å²) in [5.74, 6) is -1.07. The molecule has 8 heteroatoms. The van der Waals surface area contributed by atoms with Crippen LogP contribution in [0.5, 0.6) is 5.75 Å². The number of ether oxygens (including phenoxy) is 2. The van der Waals surface area contributed by atoms with E-state index in [1.54, 1.807) is 18.1 Å². The van der Waals surface area contributed by atoms with Gasteiger partial charge < -0.3 is 14.4 Å². The first-order chi connectivity index (χ1) is 15.9. The van der Waals surface area contributed by atoms with Crippen molar-refractivity contribution in [1.29, 1.82) is 0 Å². The number of aryl methyl sites for hydroxylation is 1. The lowest BCUT2D eigenvalue weighted by atomic mass is 10.0. The molecule has 0 radical (unpaired) electrons. The largest absolute Gasteiger partial charge is 0.497 e. The Morgan fingerprint density at radius 1 is 1.03 bits per heavy atom. The summed E-state index contributed by atoms with van der Waals surface area (Å²) in [7, 11) is 1.60. The van der Waals surface area contributed by atoms with Gasteiger partial charge in [0.15, 0.2) is 6.61 Å². The van der Waals surface area contributed by atoms with Crippen molar-refractivity contribution in [3.8, 4) is 5.75 Å². The second-order valence-electron chi connectivity index (χ2n) is 8.10. The third-order valence-electron chi connectivity index (χ3n) is 5.97. The Kier molecular flexibility index (Phi) is 6.44. The number of benzene rings is 2. The van der Waals surface area contributed by atoms with E-state index >= 15 is 0 Å². The van der Waals surface area contributed by atoms with Gasteiger partial charge in [0.05, 0.1) is 23.8 Å². The van der Waals surface area contributed by atoms with Gasteiger partial charge in [-0.15, -0.1) is 0 Å². The number of esters is 1. The number of rotatable bonds is 7. The molecule has 172 valence electrons. The Morgan fingerprint density at radius 2 is 1.82 bits per heavy atom. The predicted molar refractivity (Wildman–Crippen MR) is 121 cm³/mol. The number of methoxy groups -OCH3 is 1. The minimum atomic E-state index is -0.717. The Morgan fingerprint density at radius 3 is 2.58 bits per heavy atom. The van der Waals surface area contributed by atoms with E-state index in [0.29, 0.717) is 13.1 Å². The molecule has 8 nitrogen and oxygen atoms in total. The van der Waals surface area contributed by atoms with Crippen molar-refractivity contribution < 1.29 is 28.7 Å². The number of unbranched alkanes of at least 4 members (excludes halogenated alkanes) is 1. The van der Waals surface area contributed by atoms with Gasteiger partial charge in [-0.2, -0.15) is 0 Å². The van der Waals surface area contributed by atoms with E-state index in [-0.39, 0.29) is 28.5 Å². The molecular formula is C25H26N2O6. The van der Waals surface area contributed by atoms with Gasteiger partial charge in [0.1, 0.15) is 5.75 Å². The fourth-order valence-corrected chi connectivity index (χ4v) is 4.19. The molecule has 2 aliphatic rings. The van der Waals surface area contributed by atoms with Gasteiger partial charge in [-0.1, -0.05) is 13.3 Å². The summed E-state index contributed by atoms with van der Waals surface area (Å²) >= 11 is 0. The number of nitrogens with zero attached hydrogens (tertiary/aromatic N) is 2. The van der Waals surface area contributed by atoms with Gasteiger partial charge in [0, 0.05) is 18.8 Å². The lowest BCUT2D eigenvalue weighted by Crippen LogP contribution is -2.38. The lowest BCUT2D eigenvalue weighted by Gasteiger charge is -2.29. The van der Waals surface area contributed by atoms with Crippen molar-refractivity contribution in [1.82, 2.24) is 4.90 Å². The highest BCUT2D eigenvalue weighted by atomic mass is 16.5. The number of amides is 3. The number of imide groups is 1. The summed E-state index contributed by atoms with van der Waals surface area (Å²) in [6.07, 6.45) is 3.21. The number of carbonyl (C=O) groups is 4. The normalized spacial score (nSPS) is 14.7. The van der Waals surface area contributed by atoms with Gasteiger partial charge in [-0.3, -0.25) is 19.3 Å². The second-order valence-corrected chi connectivity index (χ2v) is 8.10. The highest BCUT2D eigenvalue weighted by Gasteiger charge is 2.35. The molecule has 33 heavy (non-hydrogen) atoms. The highest BCUT2D eigenvalue weighted by molar-refractivity contribution is 6.22. The first kappa shape index (κ1) is 22.5. The van der Waals surface area contributed by atoms with E-state index < -0.39 is 18.5 Å². The Balaban J connectivity index is 1.43. The zero-order valence-electron chi connectivity index (χ0n) is 18.8. The maximum atomic E-state index is 12.8.